The molecule has 1 aromatic heterocycles. The fourth-order valence-electron chi connectivity index (χ4n) is 3.62. The Labute approximate surface area is 171 Å². The van der Waals surface area contributed by atoms with E-state index in [0.29, 0.717) is 16.4 Å². The summed E-state index contributed by atoms with van der Waals surface area (Å²) in [7, 11) is -3.59. The first kappa shape index (κ1) is 19.4. The number of hydrogen-bond acceptors (Lipinski definition) is 5. The molecule has 0 saturated heterocycles. The minimum absolute atomic E-state index is 0.260. The zero-order chi connectivity index (χ0) is 20.4. The van der Waals surface area contributed by atoms with E-state index in [1.165, 1.54) is 0 Å². The number of fused-ring (bicyclic) bond motifs is 1. The smallest absolute Gasteiger partial charge is 0.241 e. The zero-order valence-corrected chi connectivity index (χ0v) is 17.0. The Kier molecular flexibility index (Phi) is 5.25. The van der Waals surface area contributed by atoms with Crippen molar-refractivity contribution in [1.82, 2.24) is 9.71 Å². The topological polar surface area (TPSA) is 97.1 Å². The summed E-state index contributed by atoms with van der Waals surface area (Å²) in [5.41, 5.74) is 10.6. The molecule has 6 nitrogen and oxygen atoms in total. The third-order valence-electron chi connectivity index (χ3n) is 5.26. The highest BCUT2D eigenvalue weighted by Gasteiger charge is 2.27. The molecular formula is C22H24N4O2S. The van der Waals surface area contributed by atoms with E-state index < -0.39 is 10.0 Å². The molecule has 1 aliphatic carbocycles. The molecule has 29 heavy (non-hydrogen) atoms. The van der Waals surface area contributed by atoms with E-state index in [9.17, 15) is 8.42 Å². The minimum Gasteiger partial charge on any atom is -0.396 e. The molecular weight excluding hydrogens is 384 g/mol. The number of nitrogens with zero attached hydrogens (tertiary/aromatic N) is 1. The molecule has 1 heterocycles. The Balaban J connectivity index is 1.56. The molecule has 7 heteroatoms. The summed E-state index contributed by atoms with van der Waals surface area (Å²) in [4.78, 5) is 4.54. The van der Waals surface area contributed by atoms with Gasteiger partial charge in [-0.2, -0.15) is 0 Å². The van der Waals surface area contributed by atoms with Crippen molar-refractivity contribution in [2.24, 2.45) is 0 Å². The highest BCUT2D eigenvalue weighted by atomic mass is 32.2. The van der Waals surface area contributed by atoms with Crippen LogP contribution in [0.1, 0.15) is 36.1 Å². The molecule has 0 fully saturated rings. The molecule has 4 rings (SSSR count). The molecule has 1 atom stereocenters. The van der Waals surface area contributed by atoms with Crippen molar-refractivity contribution in [3.05, 3.63) is 77.5 Å². The van der Waals surface area contributed by atoms with Gasteiger partial charge in [0.2, 0.25) is 10.0 Å². The number of benzene rings is 2. The van der Waals surface area contributed by atoms with Gasteiger partial charge in [0.1, 0.15) is 0 Å². The highest BCUT2D eigenvalue weighted by molar-refractivity contribution is 7.89. The summed E-state index contributed by atoms with van der Waals surface area (Å²) in [6.45, 7) is 2.04. The first-order valence-corrected chi connectivity index (χ1v) is 11.2. The molecule has 0 aliphatic heterocycles. The first-order valence-electron chi connectivity index (χ1n) is 9.68. The van der Waals surface area contributed by atoms with Crippen molar-refractivity contribution < 1.29 is 8.42 Å². The van der Waals surface area contributed by atoms with E-state index in [2.05, 4.69) is 15.0 Å². The van der Waals surface area contributed by atoms with Crippen LogP contribution in [0, 0.1) is 0 Å². The Morgan fingerprint density at radius 2 is 1.93 bits per heavy atom. The minimum atomic E-state index is -3.59. The van der Waals surface area contributed by atoms with Crippen LogP contribution in [-0.4, -0.2) is 13.4 Å². The second-order valence-corrected chi connectivity index (χ2v) is 8.90. The third kappa shape index (κ3) is 4.11. The first-order chi connectivity index (χ1) is 14.0. The van der Waals surface area contributed by atoms with Gasteiger partial charge in [-0.05, 0) is 72.4 Å². The third-order valence-corrected chi connectivity index (χ3v) is 6.75. The lowest BCUT2D eigenvalue weighted by Crippen LogP contribution is -2.27. The predicted molar refractivity (Wildman–Crippen MR) is 116 cm³/mol. The molecule has 0 bridgehead atoms. The number of aryl methyl sites for hydroxylation is 2. The number of sulfonamides is 1. The van der Waals surface area contributed by atoms with Crippen LogP contribution in [0.2, 0.25) is 0 Å². The lowest BCUT2D eigenvalue weighted by Gasteiger charge is -2.16. The van der Waals surface area contributed by atoms with Gasteiger partial charge in [-0.15, -0.1) is 0 Å². The Hall–Kier alpha value is -2.90. The number of nitrogens with two attached hydrogens (primary N) is 1. The molecule has 0 amide bonds. The molecule has 3 aromatic rings. The summed E-state index contributed by atoms with van der Waals surface area (Å²) in [5.74, 6) is 0.582. The SMILES string of the molecule is CCc1ccc(S(=O)(=O)NC2CCc3ccc(Nc4ncccc4N)cc32)cc1. The van der Waals surface area contributed by atoms with Crippen molar-refractivity contribution in [3.63, 3.8) is 0 Å². The summed E-state index contributed by atoms with van der Waals surface area (Å²) in [6.07, 6.45) is 4.12. The monoisotopic (exact) mass is 408 g/mol. The largest absolute Gasteiger partial charge is 0.396 e. The van der Waals surface area contributed by atoms with Crippen molar-refractivity contribution in [1.29, 1.82) is 0 Å². The Morgan fingerprint density at radius 1 is 1.14 bits per heavy atom. The number of anilines is 3. The second kappa shape index (κ2) is 7.85. The van der Waals surface area contributed by atoms with Gasteiger partial charge in [0.05, 0.1) is 10.6 Å². The predicted octanol–water partition coefficient (Wildman–Crippen LogP) is 3.94. The number of pyridine rings is 1. The van der Waals surface area contributed by atoms with E-state index in [-0.39, 0.29) is 6.04 Å². The number of rotatable bonds is 6. The van der Waals surface area contributed by atoms with Gasteiger partial charge >= 0.3 is 0 Å². The molecule has 0 saturated carbocycles. The summed E-state index contributed by atoms with van der Waals surface area (Å²) in [5, 5.41) is 3.22. The fraction of sp³-hybridized carbons (Fsp3) is 0.227. The maximum Gasteiger partial charge on any atom is 0.241 e. The molecule has 150 valence electrons. The lowest BCUT2D eigenvalue weighted by atomic mass is 10.1. The quantitative estimate of drug-likeness (QED) is 0.574. The Morgan fingerprint density at radius 3 is 2.66 bits per heavy atom. The van der Waals surface area contributed by atoms with Crippen LogP contribution < -0.4 is 15.8 Å². The van der Waals surface area contributed by atoms with Gasteiger partial charge in [0.25, 0.3) is 0 Å². The van der Waals surface area contributed by atoms with Gasteiger partial charge in [0.15, 0.2) is 5.82 Å². The van der Waals surface area contributed by atoms with E-state index >= 15 is 0 Å². The average Bonchev–Trinajstić information content (AvgIpc) is 3.11. The summed E-state index contributed by atoms with van der Waals surface area (Å²) in [6, 6.07) is 16.3. The van der Waals surface area contributed by atoms with E-state index in [1.807, 2.05) is 37.3 Å². The Bertz CT molecular complexity index is 1130. The fourth-order valence-corrected chi connectivity index (χ4v) is 4.87. The summed E-state index contributed by atoms with van der Waals surface area (Å²) < 4.78 is 28.6. The van der Waals surface area contributed by atoms with Crippen LogP contribution in [0.15, 0.2) is 65.7 Å². The highest BCUT2D eigenvalue weighted by Crippen LogP contribution is 2.35. The van der Waals surface area contributed by atoms with Gasteiger partial charge in [-0.25, -0.2) is 18.1 Å². The van der Waals surface area contributed by atoms with Crippen molar-refractivity contribution in [2.75, 3.05) is 11.1 Å². The molecule has 0 radical (unpaired) electrons. The van der Waals surface area contributed by atoms with Crippen LogP contribution in [0.3, 0.4) is 0 Å². The van der Waals surface area contributed by atoms with Gasteiger partial charge in [0, 0.05) is 17.9 Å². The van der Waals surface area contributed by atoms with Crippen LogP contribution in [-0.2, 0) is 22.9 Å². The number of nitrogens with one attached hydrogen (secondary N) is 2. The molecule has 2 aromatic carbocycles. The van der Waals surface area contributed by atoms with Crippen molar-refractivity contribution in [2.45, 2.75) is 37.1 Å². The normalized spacial score (nSPS) is 15.8. The van der Waals surface area contributed by atoms with Crippen molar-refractivity contribution in [3.8, 4) is 0 Å². The number of nitrogen functional groups attached to an aromatic ring is 1. The maximum absolute atomic E-state index is 12.9. The molecule has 1 aliphatic rings. The van der Waals surface area contributed by atoms with Crippen LogP contribution in [0.4, 0.5) is 17.2 Å². The lowest BCUT2D eigenvalue weighted by molar-refractivity contribution is 0.554. The van der Waals surface area contributed by atoms with E-state index in [1.54, 1.807) is 30.5 Å². The summed E-state index contributed by atoms with van der Waals surface area (Å²) >= 11 is 0. The second-order valence-electron chi connectivity index (χ2n) is 7.19. The molecule has 4 N–H and O–H groups in total. The van der Waals surface area contributed by atoms with Gasteiger partial charge in [-0.3, -0.25) is 0 Å². The average molecular weight is 409 g/mol. The van der Waals surface area contributed by atoms with Crippen LogP contribution in [0.25, 0.3) is 0 Å². The van der Waals surface area contributed by atoms with E-state index in [0.717, 1.165) is 41.6 Å². The number of hydrogen-bond donors (Lipinski definition) is 3. The standard InChI is InChI=1S/C22H24N4O2S/c1-2-15-5-10-18(11-6-15)29(27,28)26-21-12-8-16-7-9-17(14-19(16)21)25-22-20(23)4-3-13-24-22/h3-7,9-11,13-14,21,26H,2,8,12,23H2,1H3,(H,24,25). The molecule has 0 spiro atoms. The number of aromatic nitrogens is 1. The van der Waals surface area contributed by atoms with Gasteiger partial charge < -0.3 is 11.1 Å². The van der Waals surface area contributed by atoms with Crippen LogP contribution in [0.5, 0.6) is 0 Å². The van der Waals surface area contributed by atoms with Crippen molar-refractivity contribution >= 4 is 27.2 Å². The zero-order valence-electron chi connectivity index (χ0n) is 16.2. The van der Waals surface area contributed by atoms with Gasteiger partial charge in [-0.1, -0.05) is 25.1 Å². The van der Waals surface area contributed by atoms with Crippen LogP contribution >= 0.6 is 0 Å². The molecule has 1 unspecified atom stereocenters. The maximum atomic E-state index is 12.9. The van der Waals surface area contributed by atoms with E-state index in [4.69, 9.17) is 5.73 Å².